The van der Waals surface area contributed by atoms with Crippen LogP contribution in [0.2, 0.25) is 0 Å². The van der Waals surface area contributed by atoms with Crippen molar-refractivity contribution in [3.63, 3.8) is 0 Å². The first kappa shape index (κ1) is 15.0. The van der Waals surface area contributed by atoms with E-state index in [9.17, 15) is 4.79 Å². The Kier molecular flexibility index (Phi) is 3.86. The number of hydrogen-bond donors (Lipinski definition) is 1. The second-order valence-electron chi connectivity index (χ2n) is 6.30. The molecule has 2 atom stereocenters. The van der Waals surface area contributed by atoms with Crippen molar-refractivity contribution >= 4 is 11.9 Å². The lowest BCUT2D eigenvalue weighted by Crippen LogP contribution is -2.36. The van der Waals surface area contributed by atoms with Gasteiger partial charge in [-0.1, -0.05) is 6.07 Å². The Labute approximate surface area is 140 Å². The molecule has 0 radical (unpaired) electrons. The summed E-state index contributed by atoms with van der Waals surface area (Å²) in [6, 6.07) is 7.34. The summed E-state index contributed by atoms with van der Waals surface area (Å²) in [7, 11) is 0. The maximum atomic E-state index is 12.5. The van der Waals surface area contributed by atoms with E-state index in [1.54, 1.807) is 30.7 Å². The van der Waals surface area contributed by atoms with E-state index in [0.29, 0.717) is 31.3 Å². The molecule has 2 aliphatic heterocycles. The number of carbonyl (C=O) groups excluding carboxylic acids is 1. The second kappa shape index (κ2) is 6.16. The van der Waals surface area contributed by atoms with E-state index in [1.807, 2.05) is 17.0 Å². The van der Waals surface area contributed by atoms with Crippen LogP contribution in [-0.2, 0) is 4.74 Å². The molecule has 0 aliphatic carbocycles. The SMILES string of the molecule is O=C(c1ccccn1)N1CC[C@@]2(C[C@H](Nc3ncccn3)CO2)C1. The van der Waals surface area contributed by atoms with Gasteiger partial charge in [0.25, 0.3) is 5.91 Å². The van der Waals surface area contributed by atoms with E-state index >= 15 is 0 Å². The minimum atomic E-state index is -0.267. The molecule has 124 valence electrons. The van der Waals surface area contributed by atoms with Gasteiger partial charge in [-0.25, -0.2) is 9.97 Å². The summed E-state index contributed by atoms with van der Waals surface area (Å²) in [5, 5.41) is 3.30. The molecule has 0 bridgehead atoms. The zero-order valence-electron chi connectivity index (χ0n) is 13.3. The van der Waals surface area contributed by atoms with Gasteiger partial charge in [-0.3, -0.25) is 9.78 Å². The van der Waals surface area contributed by atoms with Gasteiger partial charge >= 0.3 is 0 Å². The topological polar surface area (TPSA) is 80.2 Å². The van der Waals surface area contributed by atoms with E-state index in [2.05, 4.69) is 20.3 Å². The molecule has 0 aromatic carbocycles. The van der Waals surface area contributed by atoms with Gasteiger partial charge in [0.1, 0.15) is 5.69 Å². The first-order chi connectivity index (χ1) is 11.7. The summed E-state index contributed by atoms with van der Waals surface area (Å²) in [6.45, 7) is 1.91. The standard InChI is InChI=1S/C17H19N5O2/c23-15(14-4-1-2-6-18-14)22-9-5-17(12-22)10-13(11-24-17)21-16-19-7-3-8-20-16/h1-4,6-8,13H,5,9-12H2,(H,19,20,21)/t13-,17+/m0/s1. The van der Waals surface area contributed by atoms with Gasteiger partial charge in [0.15, 0.2) is 0 Å². The molecule has 0 saturated carbocycles. The summed E-state index contributed by atoms with van der Waals surface area (Å²) in [5.74, 6) is 0.585. The Morgan fingerprint density at radius 2 is 2.04 bits per heavy atom. The Morgan fingerprint density at radius 1 is 1.21 bits per heavy atom. The molecule has 1 spiro atoms. The molecule has 1 amide bonds. The second-order valence-corrected chi connectivity index (χ2v) is 6.30. The molecule has 2 aliphatic rings. The number of nitrogens with zero attached hydrogens (tertiary/aromatic N) is 4. The van der Waals surface area contributed by atoms with Gasteiger partial charge in [-0.15, -0.1) is 0 Å². The largest absolute Gasteiger partial charge is 0.371 e. The van der Waals surface area contributed by atoms with E-state index in [0.717, 1.165) is 12.8 Å². The van der Waals surface area contributed by atoms with Crippen molar-refractivity contribution < 1.29 is 9.53 Å². The number of aromatic nitrogens is 3. The average molecular weight is 325 g/mol. The number of rotatable bonds is 3. The molecule has 2 aromatic heterocycles. The molecular weight excluding hydrogens is 306 g/mol. The highest BCUT2D eigenvalue weighted by Crippen LogP contribution is 2.36. The zero-order chi connectivity index (χ0) is 16.4. The fourth-order valence-corrected chi connectivity index (χ4v) is 3.45. The molecule has 7 nitrogen and oxygen atoms in total. The van der Waals surface area contributed by atoms with E-state index in [4.69, 9.17) is 4.74 Å². The lowest BCUT2D eigenvalue weighted by molar-refractivity contribution is 0.0124. The third kappa shape index (κ3) is 2.94. The third-order valence-electron chi connectivity index (χ3n) is 4.60. The van der Waals surface area contributed by atoms with Crippen LogP contribution in [0.3, 0.4) is 0 Å². The van der Waals surface area contributed by atoms with Crippen LogP contribution in [0.25, 0.3) is 0 Å². The predicted octanol–water partition coefficient (Wildman–Crippen LogP) is 1.36. The van der Waals surface area contributed by atoms with Gasteiger partial charge in [-0.05, 0) is 24.6 Å². The van der Waals surface area contributed by atoms with Gasteiger partial charge in [0.05, 0.1) is 24.8 Å². The summed E-state index contributed by atoms with van der Waals surface area (Å²) in [4.78, 5) is 26.9. The van der Waals surface area contributed by atoms with Crippen LogP contribution >= 0.6 is 0 Å². The molecule has 2 aromatic rings. The van der Waals surface area contributed by atoms with Crippen molar-refractivity contribution in [2.75, 3.05) is 25.0 Å². The third-order valence-corrected chi connectivity index (χ3v) is 4.60. The zero-order valence-corrected chi connectivity index (χ0v) is 13.3. The van der Waals surface area contributed by atoms with Crippen molar-refractivity contribution in [3.8, 4) is 0 Å². The van der Waals surface area contributed by atoms with E-state index in [-0.39, 0.29) is 17.6 Å². The summed E-state index contributed by atoms with van der Waals surface area (Å²) < 4.78 is 6.07. The van der Waals surface area contributed by atoms with Crippen LogP contribution < -0.4 is 5.32 Å². The molecule has 24 heavy (non-hydrogen) atoms. The van der Waals surface area contributed by atoms with Gasteiger partial charge < -0.3 is 15.0 Å². The maximum Gasteiger partial charge on any atom is 0.272 e. The van der Waals surface area contributed by atoms with Gasteiger partial charge in [-0.2, -0.15) is 0 Å². The molecule has 1 N–H and O–H groups in total. The number of ether oxygens (including phenoxy) is 1. The van der Waals surface area contributed by atoms with Crippen LogP contribution in [0.15, 0.2) is 42.9 Å². The Balaban J connectivity index is 1.39. The highest BCUT2D eigenvalue weighted by molar-refractivity contribution is 5.92. The number of pyridine rings is 1. The Bertz CT molecular complexity index is 711. The number of likely N-dealkylation sites (tertiary alicyclic amines) is 1. The van der Waals surface area contributed by atoms with Crippen LogP contribution in [0, 0.1) is 0 Å². The number of carbonyl (C=O) groups is 1. The first-order valence-corrected chi connectivity index (χ1v) is 8.12. The molecule has 4 rings (SSSR count). The fourth-order valence-electron chi connectivity index (χ4n) is 3.45. The number of amides is 1. The predicted molar refractivity (Wildman–Crippen MR) is 87.5 cm³/mol. The highest BCUT2D eigenvalue weighted by Gasteiger charge is 2.47. The van der Waals surface area contributed by atoms with Crippen molar-refractivity contribution in [1.29, 1.82) is 0 Å². The average Bonchev–Trinajstić information content (AvgIpc) is 3.23. The lowest BCUT2D eigenvalue weighted by Gasteiger charge is -2.23. The van der Waals surface area contributed by atoms with Crippen LogP contribution in [0.5, 0.6) is 0 Å². The number of hydrogen-bond acceptors (Lipinski definition) is 6. The van der Waals surface area contributed by atoms with E-state index < -0.39 is 0 Å². The van der Waals surface area contributed by atoms with Crippen molar-refractivity contribution in [2.45, 2.75) is 24.5 Å². The van der Waals surface area contributed by atoms with Crippen molar-refractivity contribution in [2.24, 2.45) is 0 Å². The van der Waals surface area contributed by atoms with Crippen molar-refractivity contribution in [3.05, 3.63) is 48.5 Å². The summed E-state index contributed by atoms with van der Waals surface area (Å²) >= 11 is 0. The molecule has 7 heteroatoms. The molecule has 2 fully saturated rings. The monoisotopic (exact) mass is 325 g/mol. The molecule has 4 heterocycles. The number of nitrogens with one attached hydrogen (secondary N) is 1. The van der Waals surface area contributed by atoms with Crippen molar-refractivity contribution in [1.82, 2.24) is 19.9 Å². The van der Waals surface area contributed by atoms with Crippen LogP contribution in [0.4, 0.5) is 5.95 Å². The van der Waals surface area contributed by atoms with Crippen LogP contribution in [-0.4, -0.2) is 57.1 Å². The smallest absolute Gasteiger partial charge is 0.272 e. The number of anilines is 1. The summed E-state index contributed by atoms with van der Waals surface area (Å²) in [6.07, 6.45) is 6.76. The van der Waals surface area contributed by atoms with Gasteiger partial charge in [0.2, 0.25) is 5.95 Å². The Morgan fingerprint density at radius 3 is 2.83 bits per heavy atom. The molecular formula is C17H19N5O2. The summed E-state index contributed by atoms with van der Waals surface area (Å²) in [5.41, 5.74) is 0.219. The normalized spacial score (nSPS) is 26.0. The quantitative estimate of drug-likeness (QED) is 0.918. The fraction of sp³-hybridized carbons (Fsp3) is 0.412. The molecule has 2 saturated heterocycles. The van der Waals surface area contributed by atoms with E-state index in [1.165, 1.54) is 0 Å². The minimum Gasteiger partial charge on any atom is -0.371 e. The Hall–Kier alpha value is -2.54. The van der Waals surface area contributed by atoms with Crippen LogP contribution in [0.1, 0.15) is 23.3 Å². The minimum absolute atomic E-state index is 0.0288. The van der Waals surface area contributed by atoms with Gasteiger partial charge in [0, 0.05) is 31.6 Å². The lowest BCUT2D eigenvalue weighted by atomic mass is 9.97. The first-order valence-electron chi connectivity index (χ1n) is 8.12. The highest BCUT2D eigenvalue weighted by atomic mass is 16.5. The molecule has 0 unspecified atom stereocenters. The maximum absolute atomic E-state index is 12.5.